The highest BCUT2D eigenvalue weighted by Gasteiger charge is 2.19. The fraction of sp³-hybridized carbons (Fsp3) is 0.243. The minimum Gasteiger partial charge on any atom is -0.494 e. The van der Waals surface area contributed by atoms with E-state index in [2.05, 4.69) is 25.0 Å². The quantitative estimate of drug-likeness (QED) is 0.136. The molecule has 0 atom stereocenters. The monoisotopic (exact) mass is 634 g/mol. The van der Waals surface area contributed by atoms with Gasteiger partial charge in [0, 0.05) is 11.1 Å². The average Bonchev–Trinajstić information content (AvgIpc) is 3.04. The van der Waals surface area contributed by atoms with Gasteiger partial charge in [-0.25, -0.2) is 4.98 Å². The van der Waals surface area contributed by atoms with E-state index in [0.717, 1.165) is 28.0 Å². The molecule has 4 aromatic carbocycles. The molecule has 0 unspecified atom stereocenters. The molecule has 0 aliphatic rings. The zero-order chi connectivity index (χ0) is 32.8. The summed E-state index contributed by atoms with van der Waals surface area (Å²) in [6.45, 7) is 11.1. The minimum atomic E-state index is -0.302. The number of nitriles is 1. The number of benzene rings is 4. The van der Waals surface area contributed by atoms with Gasteiger partial charge in [0.25, 0.3) is 5.56 Å². The van der Waals surface area contributed by atoms with Crippen LogP contribution < -0.4 is 19.8 Å². The number of aromatic nitrogens is 2. The second kappa shape index (κ2) is 14.3. The maximum Gasteiger partial charge on any atom is 0.282 e. The van der Waals surface area contributed by atoms with E-state index in [1.165, 1.54) is 4.68 Å². The zero-order valence-corrected chi connectivity index (χ0v) is 27.3. The molecule has 234 valence electrons. The summed E-state index contributed by atoms with van der Waals surface area (Å²) >= 11 is 6.71. The van der Waals surface area contributed by atoms with Crippen LogP contribution in [0.5, 0.6) is 17.2 Å². The normalized spacial score (nSPS) is 11.3. The number of rotatable bonds is 11. The lowest BCUT2D eigenvalue weighted by Gasteiger charge is -2.18. The summed E-state index contributed by atoms with van der Waals surface area (Å²) in [7, 11) is 0. The van der Waals surface area contributed by atoms with Crippen molar-refractivity contribution in [2.75, 3.05) is 13.2 Å². The summed E-state index contributed by atoms with van der Waals surface area (Å²) in [6, 6.07) is 24.1. The molecule has 0 bridgehead atoms. The molecule has 0 fully saturated rings. The number of nitrogens with zero attached hydrogens (tertiary/aromatic N) is 4. The Morgan fingerprint density at radius 3 is 2.43 bits per heavy atom. The van der Waals surface area contributed by atoms with Gasteiger partial charge in [-0.3, -0.25) is 4.79 Å². The van der Waals surface area contributed by atoms with E-state index >= 15 is 0 Å². The second-order valence-electron chi connectivity index (χ2n) is 10.9. The molecule has 0 spiro atoms. The van der Waals surface area contributed by atoms with Crippen LogP contribution in [-0.2, 0) is 6.61 Å². The van der Waals surface area contributed by atoms with Gasteiger partial charge in [-0.05, 0) is 85.8 Å². The lowest BCUT2D eigenvalue weighted by molar-refractivity contribution is 0.269. The van der Waals surface area contributed by atoms with Crippen LogP contribution in [0.25, 0.3) is 22.3 Å². The SMILES string of the molecule is CCOc1cc(C)c(-c2nc3ccccc3c(=O)n2N=Cc2cc(Cl)c(OCc3ccccc3C#N)c(OCC)c2)cc1C(C)C. The van der Waals surface area contributed by atoms with Gasteiger partial charge < -0.3 is 14.2 Å². The number of ether oxygens (including phenoxy) is 3. The van der Waals surface area contributed by atoms with Gasteiger partial charge in [-0.15, -0.1) is 0 Å². The predicted molar refractivity (Wildman–Crippen MR) is 183 cm³/mol. The largest absolute Gasteiger partial charge is 0.494 e. The van der Waals surface area contributed by atoms with Crippen LogP contribution in [0.15, 0.2) is 82.7 Å². The topological polar surface area (TPSA) is 98.7 Å². The molecule has 8 nitrogen and oxygen atoms in total. The average molecular weight is 635 g/mol. The maximum absolute atomic E-state index is 13.9. The Labute approximate surface area is 273 Å². The van der Waals surface area contributed by atoms with Gasteiger partial charge in [0.1, 0.15) is 12.4 Å². The first-order valence-electron chi connectivity index (χ1n) is 15.2. The van der Waals surface area contributed by atoms with Crippen LogP contribution >= 0.6 is 11.6 Å². The summed E-state index contributed by atoms with van der Waals surface area (Å²) < 4.78 is 19.2. The maximum atomic E-state index is 13.9. The van der Waals surface area contributed by atoms with Crippen molar-refractivity contribution in [3.8, 4) is 34.7 Å². The lowest BCUT2D eigenvalue weighted by atomic mass is 9.96. The molecule has 0 amide bonds. The molecule has 9 heteroatoms. The molecule has 0 radical (unpaired) electrons. The molecule has 0 saturated heterocycles. The van der Waals surface area contributed by atoms with Crippen LogP contribution in [0.4, 0.5) is 0 Å². The molecule has 1 heterocycles. The molecule has 5 aromatic rings. The second-order valence-corrected chi connectivity index (χ2v) is 11.3. The van der Waals surface area contributed by atoms with Crippen molar-refractivity contribution >= 4 is 28.7 Å². The summed E-state index contributed by atoms with van der Waals surface area (Å²) in [5.74, 6) is 2.17. The van der Waals surface area contributed by atoms with Crippen LogP contribution in [0.2, 0.25) is 5.02 Å². The Hall–Kier alpha value is -5.13. The molecular formula is C37H35ClN4O4. The molecular weight excluding hydrogens is 600 g/mol. The van der Waals surface area contributed by atoms with Gasteiger partial charge in [0.05, 0.1) is 47.0 Å². The predicted octanol–water partition coefficient (Wildman–Crippen LogP) is 8.28. The fourth-order valence-electron chi connectivity index (χ4n) is 5.17. The van der Waals surface area contributed by atoms with Crippen molar-refractivity contribution in [1.29, 1.82) is 5.26 Å². The smallest absolute Gasteiger partial charge is 0.282 e. The van der Waals surface area contributed by atoms with E-state index in [1.807, 2.05) is 57.2 Å². The minimum absolute atomic E-state index is 0.137. The van der Waals surface area contributed by atoms with Crippen LogP contribution in [0, 0.1) is 18.3 Å². The highest BCUT2D eigenvalue weighted by molar-refractivity contribution is 6.32. The number of fused-ring (bicyclic) bond motifs is 1. The first-order valence-corrected chi connectivity index (χ1v) is 15.5. The van der Waals surface area contributed by atoms with E-state index in [0.29, 0.717) is 57.6 Å². The summed E-state index contributed by atoms with van der Waals surface area (Å²) in [4.78, 5) is 18.8. The first kappa shape index (κ1) is 32.3. The van der Waals surface area contributed by atoms with Crippen molar-refractivity contribution in [1.82, 2.24) is 9.66 Å². The van der Waals surface area contributed by atoms with E-state index in [4.69, 9.17) is 30.8 Å². The van der Waals surface area contributed by atoms with Crippen molar-refractivity contribution in [2.45, 2.75) is 47.1 Å². The standard InChI is InChI=1S/C37H35ClN4O4/c1-6-44-33-16-24(5)30(19-29(33)23(3)4)36-41-32-15-11-10-14-28(32)37(43)42(36)40-21-25-17-31(38)35(34(18-25)45-7-2)46-22-27-13-9-8-12-26(27)20-39/h8-19,21,23H,6-7,22H2,1-5H3. The van der Waals surface area contributed by atoms with E-state index in [-0.39, 0.29) is 18.1 Å². The molecule has 0 saturated carbocycles. The number of hydrogen-bond donors (Lipinski definition) is 0. The molecule has 1 aromatic heterocycles. The van der Waals surface area contributed by atoms with Crippen LogP contribution in [-0.4, -0.2) is 29.1 Å². The third-order valence-electron chi connectivity index (χ3n) is 7.44. The summed E-state index contributed by atoms with van der Waals surface area (Å²) in [6.07, 6.45) is 1.55. The number of halogens is 1. The highest BCUT2D eigenvalue weighted by Crippen LogP contribution is 2.38. The van der Waals surface area contributed by atoms with E-state index in [1.54, 1.807) is 42.6 Å². The van der Waals surface area contributed by atoms with Crippen molar-refractivity contribution in [3.63, 3.8) is 0 Å². The number of para-hydroxylation sites is 1. The van der Waals surface area contributed by atoms with Gasteiger partial charge in [0.2, 0.25) is 0 Å². The molecule has 46 heavy (non-hydrogen) atoms. The van der Waals surface area contributed by atoms with Crippen molar-refractivity contribution in [2.24, 2.45) is 5.10 Å². The van der Waals surface area contributed by atoms with Gasteiger partial charge in [-0.1, -0.05) is 55.8 Å². The lowest BCUT2D eigenvalue weighted by Crippen LogP contribution is -2.21. The Morgan fingerprint density at radius 1 is 0.978 bits per heavy atom. The Kier molecular flexibility index (Phi) is 10.0. The number of hydrogen-bond acceptors (Lipinski definition) is 7. The fourth-order valence-corrected chi connectivity index (χ4v) is 5.44. The zero-order valence-electron chi connectivity index (χ0n) is 26.5. The van der Waals surface area contributed by atoms with Crippen LogP contribution in [0.1, 0.15) is 61.4 Å². The van der Waals surface area contributed by atoms with Gasteiger partial charge in [-0.2, -0.15) is 15.0 Å². The Bertz CT molecular complexity index is 2030. The highest BCUT2D eigenvalue weighted by atomic mass is 35.5. The van der Waals surface area contributed by atoms with Gasteiger partial charge in [0.15, 0.2) is 17.3 Å². The first-order chi connectivity index (χ1) is 22.2. The third-order valence-corrected chi connectivity index (χ3v) is 7.72. The Morgan fingerprint density at radius 2 is 1.70 bits per heavy atom. The van der Waals surface area contributed by atoms with Crippen molar-refractivity contribution in [3.05, 3.63) is 116 Å². The molecule has 0 aliphatic carbocycles. The van der Waals surface area contributed by atoms with Crippen LogP contribution in [0.3, 0.4) is 0 Å². The van der Waals surface area contributed by atoms with E-state index < -0.39 is 0 Å². The Balaban J connectivity index is 1.60. The molecule has 5 rings (SSSR count). The molecule has 0 N–H and O–H groups in total. The molecule has 0 aliphatic heterocycles. The summed E-state index contributed by atoms with van der Waals surface area (Å²) in [5.41, 5.74) is 4.82. The van der Waals surface area contributed by atoms with Crippen molar-refractivity contribution < 1.29 is 14.2 Å². The van der Waals surface area contributed by atoms with Gasteiger partial charge >= 0.3 is 0 Å². The number of aryl methyl sites for hydroxylation is 1. The summed E-state index contributed by atoms with van der Waals surface area (Å²) in [5, 5.41) is 14.9. The van der Waals surface area contributed by atoms with E-state index in [9.17, 15) is 10.1 Å². The third kappa shape index (κ3) is 6.75.